The smallest absolute Gasteiger partial charge is 0.374 e. The van der Waals surface area contributed by atoms with Crippen molar-refractivity contribution in [2.45, 2.75) is 0 Å². The van der Waals surface area contributed by atoms with Crippen molar-refractivity contribution >= 4 is 23.3 Å². The highest BCUT2D eigenvalue weighted by molar-refractivity contribution is 5.88. The molecule has 1 heterocycles. The van der Waals surface area contributed by atoms with E-state index in [-0.39, 0.29) is 11.4 Å². The summed E-state index contributed by atoms with van der Waals surface area (Å²) in [7, 11) is 0. The highest BCUT2D eigenvalue weighted by Crippen LogP contribution is 2.14. The number of benzene rings is 1. The van der Waals surface area contributed by atoms with E-state index in [1.807, 2.05) is 0 Å². The maximum Gasteiger partial charge on any atom is 0.374 e. The van der Waals surface area contributed by atoms with Gasteiger partial charge in [-0.05, 0) is 24.3 Å². The van der Waals surface area contributed by atoms with Crippen molar-refractivity contribution in [1.82, 2.24) is 5.32 Å². The molecule has 0 aliphatic heterocycles. The normalized spacial score (nSPS) is 10.0. The fraction of sp³-hybridized carbons (Fsp3) is 0.200. The Morgan fingerprint density at radius 1 is 1.17 bits per heavy atom. The zero-order chi connectivity index (χ0) is 17.4. The number of nitrogens with one attached hydrogen (secondary N) is 2. The van der Waals surface area contributed by atoms with Crippen LogP contribution in [0.5, 0.6) is 0 Å². The highest BCUT2D eigenvalue weighted by Gasteiger charge is 2.12. The average molecular weight is 333 g/mol. The lowest BCUT2D eigenvalue weighted by Crippen LogP contribution is -2.32. The van der Waals surface area contributed by atoms with Gasteiger partial charge in [-0.25, -0.2) is 4.79 Å². The Kier molecular flexibility index (Phi) is 5.89. The molecule has 0 saturated heterocycles. The van der Waals surface area contributed by atoms with Crippen LogP contribution in [0.15, 0.2) is 47.1 Å². The third-order valence-electron chi connectivity index (χ3n) is 2.91. The highest BCUT2D eigenvalue weighted by atomic mass is 16.6. The van der Waals surface area contributed by atoms with Crippen molar-refractivity contribution in [1.29, 1.82) is 0 Å². The molecule has 24 heavy (non-hydrogen) atoms. The van der Waals surface area contributed by atoms with E-state index in [9.17, 15) is 19.7 Å². The van der Waals surface area contributed by atoms with Crippen LogP contribution in [0.1, 0.15) is 10.6 Å². The number of hydrogen-bond acceptors (Lipinski definition) is 7. The Labute approximate surface area is 136 Å². The minimum atomic E-state index is -0.709. The summed E-state index contributed by atoms with van der Waals surface area (Å²) in [4.78, 5) is 33.0. The third-order valence-corrected chi connectivity index (χ3v) is 2.91. The predicted molar refractivity (Wildman–Crippen MR) is 83.6 cm³/mol. The van der Waals surface area contributed by atoms with Gasteiger partial charge in [-0.2, -0.15) is 0 Å². The van der Waals surface area contributed by atoms with E-state index in [4.69, 9.17) is 9.15 Å². The van der Waals surface area contributed by atoms with Gasteiger partial charge in [0.15, 0.2) is 6.61 Å². The van der Waals surface area contributed by atoms with E-state index < -0.39 is 23.4 Å². The van der Waals surface area contributed by atoms with Crippen molar-refractivity contribution in [2.24, 2.45) is 0 Å². The minimum absolute atomic E-state index is 0.00669. The topological polar surface area (TPSA) is 124 Å². The first kappa shape index (κ1) is 17.0. The number of hydrogen-bond donors (Lipinski definition) is 2. The van der Waals surface area contributed by atoms with Crippen LogP contribution in [0.25, 0.3) is 0 Å². The Bertz CT molecular complexity index is 697. The SMILES string of the molecule is O=C(COC(=O)c1ccco1)NCCNc1ccc([N+](=O)[O-])cc1. The van der Waals surface area contributed by atoms with Gasteiger partial charge in [0, 0.05) is 30.9 Å². The molecule has 1 aromatic carbocycles. The molecule has 2 aromatic rings. The number of rotatable bonds is 8. The molecule has 0 unspecified atom stereocenters. The number of nitro groups is 1. The van der Waals surface area contributed by atoms with Crippen molar-refractivity contribution in [3.05, 3.63) is 58.5 Å². The summed E-state index contributed by atoms with van der Waals surface area (Å²) in [6.45, 7) is 0.306. The molecule has 9 heteroatoms. The maximum absolute atomic E-state index is 11.5. The first-order valence-corrected chi connectivity index (χ1v) is 7.02. The van der Waals surface area contributed by atoms with Crippen LogP contribution < -0.4 is 10.6 Å². The summed E-state index contributed by atoms with van der Waals surface area (Å²) in [6, 6.07) is 8.90. The van der Waals surface area contributed by atoms with Gasteiger partial charge in [0.2, 0.25) is 5.76 Å². The molecule has 1 amide bonds. The quantitative estimate of drug-likeness (QED) is 0.325. The van der Waals surface area contributed by atoms with Crippen LogP contribution in [0, 0.1) is 10.1 Å². The van der Waals surface area contributed by atoms with Gasteiger partial charge in [0.25, 0.3) is 11.6 Å². The number of furan rings is 1. The minimum Gasteiger partial charge on any atom is -0.457 e. The summed E-state index contributed by atoms with van der Waals surface area (Å²) in [5, 5.41) is 16.1. The molecule has 0 aliphatic carbocycles. The Morgan fingerprint density at radius 3 is 2.54 bits per heavy atom. The van der Waals surface area contributed by atoms with E-state index in [1.54, 1.807) is 18.2 Å². The largest absolute Gasteiger partial charge is 0.457 e. The molecule has 1 aromatic heterocycles. The second kappa shape index (κ2) is 8.32. The van der Waals surface area contributed by atoms with Crippen molar-refractivity contribution in [3.8, 4) is 0 Å². The number of carbonyl (C=O) groups excluding carboxylic acids is 2. The van der Waals surface area contributed by atoms with Gasteiger partial charge in [0.05, 0.1) is 11.2 Å². The molecule has 0 radical (unpaired) electrons. The molecule has 0 aliphatic rings. The number of ether oxygens (including phenoxy) is 1. The van der Waals surface area contributed by atoms with E-state index in [0.29, 0.717) is 18.8 Å². The molecule has 0 bridgehead atoms. The molecule has 126 valence electrons. The standard InChI is InChI=1S/C15H15N3O6/c19-14(10-24-15(20)13-2-1-9-23-13)17-8-7-16-11-3-5-12(6-4-11)18(21)22/h1-6,9,16H,7-8,10H2,(H,17,19). The van der Waals surface area contributed by atoms with Crippen LogP contribution in [-0.2, 0) is 9.53 Å². The van der Waals surface area contributed by atoms with Gasteiger partial charge in [-0.15, -0.1) is 0 Å². The zero-order valence-corrected chi connectivity index (χ0v) is 12.6. The van der Waals surface area contributed by atoms with Gasteiger partial charge >= 0.3 is 5.97 Å². The van der Waals surface area contributed by atoms with Crippen LogP contribution in [0.4, 0.5) is 11.4 Å². The number of nitrogens with zero attached hydrogens (tertiary/aromatic N) is 1. The summed E-state index contributed by atoms with van der Waals surface area (Å²) in [5.41, 5.74) is 0.700. The number of anilines is 1. The van der Waals surface area contributed by atoms with Crippen LogP contribution in [0.2, 0.25) is 0 Å². The maximum atomic E-state index is 11.5. The van der Waals surface area contributed by atoms with E-state index >= 15 is 0 Å². The molecular formula is C15H15N3O6. The molecule has 0 saturated carbocycles. The molecule has 0 fully saturated rings. The number of non-ortho nitro benzene ring substituents is 1. The van der Waals surface area contributed by atoms with E-state index in [0.717, 1.165) is 0 Å². The Balaban J connectivity index is 1.62. The van der Waals surface area contributed by atoms with Crippen LogP contribution in [-0.4, -0.2) is 36.5 Å². The fourth-order valence-corrected chi connectivity index (χ4v) is 1.76. The average Bonchev–Trinajstić information content (AvgIpc) is 3.11. The number of esters is 1. The van der Waals surface area contributed by atoms with E-state index in [2.05, 4.69) is 10.6 Å². The van der Waals surface area contributed by atoms with Crippen molar-refractivity contribution in [2.75, 3.05) is 25.0 Å². The molecule has 0 spiro atoms. The van der Waals surface area contributed by atoms with Crippen LogP contribution in [0.3, 0.4) is 0 Å². The molecule has 9 nitrogen and oxygen atoms in total. The van der Waals surface area contributed by atoms with Gasteiger partial charge in [-0.3, -0.25) is 14.9 Å². The molecule has 2 rings (SSSR count). The lowest BCUT2D eigenvalue weighted by atomic mass is 10.3. The number of nitro benzene ring substituents is 1. The molecule has 2 N–H and O–H groups in total. The summed E-state index contributed by atoms with van der Waals surface area (Å²) < 4.78 is 9.61. The van der Waals surface area contributed by atoms with E-state index in [1.165, 1.54) is 24.5 Å². The predicted octanol–water partition coefficient (Wildman–Crippen LogP) is 1.57. The van der Waals surface area contributed by atoms with Crippen molar-refractivity contribution in [3.63, 3.8) is 0 Å². The summed E-state index contributed by atoms with van der Waals surface area (Å²) in [5.74, 6) is -1.12. The van der Waals surface area contributed by atoms with Gasteiger partial charge < -0.3 is 19.8 Å². The summed E-state index contributed by atoms with van der Waals surface area (Å²) in [6.07, 6.45) is 1.33. The van der Waals surface area contributed by atoms with Gasteiger partial charge in [0.1, 0.15) is 0 Å². The van der Waals surface area contributed by atoms with Crippen molar-refractivity contribution < 1.29 is 23.7 Å². The summed E-state index contributed by atoms with van der Waals surface area (Å²) >= 11 is 0. The Hall–Kier alpha value is -3.36. The Morgan fingerprint density at radius 2 is 1.92 bits per heavy atom. The van der Waals surface area contributed by atoms with Gasteiger partial charge in [-0.1, -0.05) is 0 Å². The monoisotopic (exact) mass is 333 g/mol. The fourth-order valence-electron chi connectivity index (χ4n) is 1.76. The first-order chi connectivity index (χ1) is 11.6. The molecular weight excluding hydrogens is 318 g/mol. The molecule has 0 atom stereocenters. The second-order valence-electron chi connectivity index (χ2n) is 4.63. The first-order valence-electron chi connectivity index (χ1n) is 7.02. The lowest BCUT2D eigenvalue weighted by Gasteiger charge is -2.08. The second-order valence-corrected chi connectivity index (χ2v) is 4.63. The zero-order valence-electron chi connectivity index (χ0n) is 12.6. The number of amides is 1. The number of carbonyl (C=O) groups is 2. The lowest BCUT2D eigenvalue weighted by molar-refractivity contribution is -0.384. The third kappa shape index (κ3) is 5.13. The van der Waals surface area contributed by atoms with Crippen LogP contribution >= 0.6 is 0 Å².